The molecule has 2 unspecified atom stereocenters. The van der Waals surface area contributed by atoms with Crippen molar-refractivity contribution in [1.29, 1.82) is 0 Å². The molecule has 2 heterocycles. The molecule has 2 atom stereocenters. The van der Waals surface area contributed by atoms with Gasteiger partial charge in [-0.2, -0.15) is 0 Å². The van der Waals surface area contributed by atoms with Crippen LogP contribution in [0.15, 0.2) is 55.1 Å². The van der Waals surface area contributed by atoms with E-state index in [9.17, 15) is 9.50 Å². The second kappa shape index (κ2) is 6.49. The molecule has 1 aliphatic heterocycles. The molecule has 0 amide bonds. The Hall–Kier alpha value is -2.59. The van der Waals surface area contributed by atoms with Crippen molar-refractivity contribution in [2.45, 2.75) is 24.7 Å². The number of aromatic hydroxyl groups is 1. The first-order valence-electron chi connectivity index (χ1n) is 10.0. The molecule has 1 saturated heterocycles. The van der Waals surface area contributed by atoms with Crippen LogP contribution in [0.2, 0.25) is 0 Å². The van der Waals surface area contributed by atoms with Crippen molar-refractivity contribution >= 4 is 10.9 Å². The van der Waals surface area contributed by atoms with E-state index >= 15 is 0 Å². The summed E-state index contributed by atoms with van der Waals surface area (Å²) in [6.07, 6.45) is 4.82. The highest BCUT2D eigenvalue weighted by molar-refractivity contribution is 5.85. The van der Waals surface area contributed by atoms with Gasteiger partial charge in [0.25, 0.3) is 0 Å². The number of fused-ring (bicyclic) bond motifs is 4. The third-order valence-corrected chi connectivity index (χ3v) is 6.84. The van der Waals surface area contributed by atoms with E-state index in [1.165, 1.54) is 22.9 Å². The van der Waals surface area contributed by atoms with Gasteiger partial charge in [0.1, 0.15) is 11.6 Å². The van der Waals surface area contributed by atoms with Crippen LogP contribution in [0.4, 0.5) is 4.39 Å². The Morgan fingerprint density at radius 1 is 1.29 bits per heavy atom. The Morgan fingerprint density at radius 3 is 3.00 bits per heavy atom. The number of phenolic OH excluding ortho intramolecular Hbond substituents is 1. The van der Waals surface area contributed by atoms with Crippen LogP contribution in [0.1, 0.15) is 23.2 Å². The van der Waals surface area contributed by atoms with Gasteiger partial charge in [0.2, 0.25) is 0 Å². The molecular formula is C24H25FN2O. The van der Waals surface area contributed by atoms with E-state index < -0.39 is 0 Å². The highest BCUT2D eigenvalue weighted by atomic mass is 19.1. The number of aromatic amines is 1. The lowest BCUT2D eigenvalue weighted by Gasteiger charge is -2.51. The van der Waals surface area contributed by atoms with Crippen LogP contribution >= 0.6 is 0 Å². The molecule has 28 heavy (non-hydrogen) atoms. The summed E-state index contributed by atoms with van der Waals surface area (Å²) in [6.45, 7) is 6.80. The molecule has 0 spiro atoms. The average molecular weight is 376 g/mol. The average Bonchev–Trinajstić information content (AvgIpc) is 3.03. The van der Waals surface area contributed by atoms with Gasteiger partial charge in [-0.3, -0.25) is 4.90 Å². The lowest BCUT2D eigenvalue weighted by molar-refractivity contribution is 0.0896. The zero-order valence-corrected chi connectivity index (χ0v) is 15.9. The summed E-state index contributed by atoms with van der Waals surface area (Å²) in [6, 6.07) is 12.8. The summed E-state index contributed by atoms with van der Waals surface area (Å²) in [5.74, 6) is 0.553. The first-order valence-corrected chi connectivity index (χ1v) is 10.0. The fourth-order valence-electron chi connectivity index (χ4n) is 5.50. The summed E-state index contributed by atoms with van der Waals surface area (Å²) in [5, 5.41) is 11.1. The quantitative estimate of drug-likeness (QED) is 0.658. The van der Waals surface area contributed by atoms with Crippen molar-refractivity contribution in [2.75, 3.05) is 19.6 Å². The first kappa shape index (κ1) is 17.5. The highest BCUT2D eigenvalue weighted by Crippen LogP contribution is 2.49. The van der Waals surface area contributed by atoms with Crippen molar-refractivity contribution in [3.63, 3.8) is 0 Å². The first-order chi connectivity index (χ1) is 13.6. The smallest absolute Gasteiger partial charge is 0.123 e. The molecule has 1 aromatic heterocycles. The van der Waals surface area contributed by atoms with Gasteiger partial charge in [-0.05, 0) is 73.2 Å². The number of hydrogen-bond acceptors (Lipinski definition) is 2. The minimum absolute atomic E-state index is 0.0111. The molecule has 5 rings (SSSR count). The highest BCUT2D eigenvalue weighted by Gasteiger charge is 2.47. The molecule has 2 N–H and O–H groups in total. The zero-order valence-electron chi connectivity index (χ0n) is 15.9. The maximum Gasteiger partial charge on any atom is 0.123 e. The van der Waals surface area contributed by atoms with E-state index in [-0.39, 0.29) is 11.2 Å². The summed E-state index contributed by atoms with van der Waals surface area (Å²) in [7, 11) is 0. The van der Waals surface area contributed by atoms with E-state index in [0.717, 1.165) is 49.8 Å². The fraction of sp³-hybridized carbons (Fsp3) is 0.333. The molecule has 1 fully saturated rings. The summed E-state index contributed by atoms with van der Waals surface area (Å²) in [5.41, 5.74) is 4.70. The van der Waals surface area contributed by atoms with E-state index in [2.05, 4.69) is 22.5 Å². The van der Waals surface area contributed by atoms with Crippen LogP contribution in [0.3, 0.4) is 0 Å². The molecule has 3 aromatic rings. The monoisotopic (exact) mass is 376 g/mol. The Balaban J connectivity index is 1.64. The topological polar surface area (TPSA) is 39.3 Å². The molecule has 2 aliphatic rings. The minimum atomic E-state index is -0.184. The molecule has 0 saturated carbocycles. The van der Waals surface area contributed by atoms with Crippen LogP contribution in [0.25, 0.3) is 10.9 Å². The largest absolute Gasteiger partial charge is 0.508 e. The molecule has 0 bridgehead atoms. The number of likely N-dealkylation sites (tertiary alicyclic amines) is 1. The number of H-pyrrole nitrogens is 1. The van der Waals surface area contributed by atoms with Gasteiger partial charge in [-0.15, -0.1) is 6.58 Å². The predicted molar refractivity (Wildman–Crippen MR) is 110 cm³/mol. The predicted octanol–water partition coefficient (Wildman–Crippen LogP) is 4.56. The van der Waals surface area contributed by atoms with Gasteiger partial charge in [0, 0.05) is 35.1 Å². The lowest BCUT2D eigenvalue weighted by atomic mass is 9.58. The number of phenols is 1. The van der Waals surface area contributed by atoms with Crippen LogP contribution in [-0.4, -0.2) is 34.6 Å². The number of benzene rings is 2. The van der Waals surface area contributed by atoms with Gasteiger partial charge in [-0.1, -0.05) is 18.2 Å². The van der Waals surface area contributed by atoms with Crippen molar-refractivity contribution in [2.24, 2.45) is 5.92 Å². The van der Waals surface area contributed by atoms with Gasteiger partial charge in [0.05, 0.1) is 0 Å². The third kappa shape index (κ3) is 2.67. The number of nitrogens with zero attached hydrogens (tertiary/aromatic N) is 1. The van der Waals surface area contributed by atoms with E-state index in [0.29, 0.717) is 11.7 Å². The molecule has 4 heteroatoms. The van der Waals surface area contributed by atoms with Crippen molar-refractivity contribution < 1.29 is 9.50 Å². The number of hydrogen-bond donors (Lipinski definition) is 2. The SMILES string of the molecule is C=CCN1CCC2(c3cccc(O)c3)Cc3[nH]c4ccc(F)cc4c3CC2C1. The Labute approximate surface area is 164 Å². The lowest BCUT2D eigenvalue weighted by Crippen LogP contribution is -2.53. The number of rotatable bonds is 3. The normalized spacial score (nSPS) is 24.7. The molecule has 3 nitrogen and oxygen atoms in total. The maximum atomic E-state index is 13.9. The standard InChI is InChI=1S/C24H25FN2O/c1-2-9-27-10-8-24(16-4-3-5-19(28)11-16)14-23-20(12-17(24)15-27)21-13-18(25)6-7-22(21)26-23/h2-7,11,13,17,26,28H,1,8-10,12,14-15H2. The van der Waals surface area contributed by atoms with E-state index in [4.69, 9.17) is 0 Å². The molecule has 2 aromatic carbocycles. The van der Waals surface area contributed by atoms with Crippen LogP contribution in [0.5, 0.6) is 5.75 Å². The third-order valence-electron chi connectivity index (χ3n) is 6.84. The molecule has 0 radical (unpaired) electrons. The summed E-state index contributed by atoms with van der Waals surface area (Å²) in [4.78, 5) is 6.02. The Kier molecular flexibility index (Phi) is 4.06. The van der Waals surface area contributed by atoms with Gasteiger partial charge in [-0.25, -0.2) is 4.39 Å². The van der Waals surface area contributed by atoms with Crippen molar-refractivity contribution in [3.8, 4) is 5.75 Å². The maximum absolute atomic E-state index is 13.9. The molecular weight excluding hydrogens is 351 g/mol. The number of piperidine rings is 1. The van der Waals surface area contributed by atoms with E-state index in [1.54, 1.807) is 12.1 Å². The van der Waals surface area contributed by atoms with Gasteiger partial charge in [0.15, 0.2) is 0 Å². The second-order valence-corrected chi connectivity index (χ2v) is 8.35. The van der Waals surface area contributed by atoms with Crippen LogP contribution < -0.4 is 0 Å². The molecule has 144 valence electrons. The fourth-order valence-corrected chi connectivity index (χ4v) is 5.50. The summed E-state index contributed by atoms with van der Waals surface area (Å²) >= 11 is 0. The van der Waals surface area contributed by atoms with Crippen LogP contribution in [-0.2, 0) is 18.3 Å². The van der Waals surface area contributed by atoms with Crippen LogP contribution in [0, 0.1) is 11.7 Å². The minimum Gasteiger partial charge on any atom is -0.508 e. The number of aromatic nitrogens is 1. The van der Waals surface area contributed by atoms with Crippen molar-refractivity contribution in [3.05, 3.63) is 77.8 Å². The van der Waals surface area contributed by atoms with Gasteiger partial charge >= 0.3 is 0 Å². The zero-order chi connectivity index (χ0) is 19.3. The second-order valence-electron chi connectivity index (χ2n) is 8.35. The van der Waals surface area contributed by atoms with Crippen molar-refractivity contribution in [1.82, 2.24) is 9.88 Å². The van der Waals surface area contributed by atoms with E-state index in [1.807, 2.05) is 24.3 Å². The number of nitrogens with one attached hydrogen (secondary N) is 1. The molecule has 1 aliphatic carbocycles. The Morgan fingerprint density at radius 2 is 2.18 bits per heavy atom. The summed E-state index contributed by atoms with van der Waals surface area (Å²) < 4.78 is 13.9. The Bertz CT molecular complexity index is 1060. The van der Waals surface area contributed by atoms with Gasteiger partial charge < -0.3 is 10.1 Å². The number of halogens is 1.